The quantitative estimate of drug-likeness (QED) is 0.278. The highest BCUT2D eigenvalue weighted by atomic mass is 15.2. The van der Waals surface area contributed by atoms with Gasteiger partial charge in [0.2, 0.25) is 0 Å². The van der Waals surface area contributed by atoms with Gasteiger partial charge in [0.25, 0.3) is 0 Å². The molecule has 0 N–H and O–H groups in total. The molecular weight excluding hydrogens is 574 g/mol. The van der Waals surface area contributed by atoms with E-state index in [-0.39, 0.29) is 14.9 Å². The first-order valence-corrected chi connectivity index (χ1v) is 19.6. The number of nitrogens with zero attached hydrogens (tertiary/aromatic N) is 5. The first kappa shape index (κ1) is 53.6. The van der Waals surface area contributed by atoms with E-state index in [4.69, 9.17) is 0 Å². The second kappa shape index (κ2) is 29.5. The van der Waals surface area contributed by atoms with E-state index >= 15 is 0 Å². The second-order valence-corrected chi connectivity index (χ2v) is 16.4. The van der Waals surface area contributed by atoms with Crippen LogP contribution in [0.4, 0.5) is 0 Å². The molecule has 4 aliphatic heterocycles. The molecular formula is C42H97N5. The molecule has 290 valence electrons. The molecule has 4 heterocycles. The lowest BCUT2D eigenvalue weighted by molar-refractivity contribution is 0.0658. The van der Waals surface area contributed by atoms with Crippen LogP contribution >= 0.6 is 0 Å². The van der Waals surface area contributed by atoms with Gasteiger partial charge >= 0.3 is 0 Å². The molecule has 0 aliphatic carbocycles. The summed E-state index contributed by atoms with van der Waals surface area (Å²) in [6, 6.07) is 3.07. The van der Waals surface area contributed by atoms with Crippen LogP contribution in [0.25, 0.3) is 0 Å². The van der Waals surface area contributed by atoms with E-state index in [9.17, 15) is 0 Å². The molecule has 5 heteroatoms. The lowest BCUT2D eigenvalue weighted by Crippen LogP contribution is -2.49. The van der Waals surface area contributed by atoms with Crippen molar-refractivity contribution >= 4 is 0 Å². The van der Waals surface area contributed by atoms with Gasteiger partial charge in [0.1, 0.15) is 0 Å². The number of rotatable bonds is 6. The third-order valence-electron chi connectivity index (χ3n) is 10.3. The molecule has 0 aromatic rings. The zero-order valence-corrected chi connectivity index (χ0v) is 34.7. The van der Waals surface area contributed by atoms with Crippen LogP contribution in [0.15, 0.2) is 0 Å². The summed E-state index contributed by atoms with van der Waals surface area (Å²) in [5, 5.41) is 0. The Bertz CT molecular complexity index is 642. The number of likely N-dealkylation sites (tertiary alicyclic amines) is 4. The summed E-state index contributed by atoms with van der Waals surface area (Å²) in [4.78, 5) is 12.4. The lowest BCUT2D eigenvalue weighted by Gasteiger charge is -2.41. The average Bonchev–Trinajstić information content (AvgIpc) is 3.72. The third-order valence-corrected chi connectivity index (χ3v) is 10.3. The molecule has 0 bridgehead atoms. The minimum Gasteiger partial charge on any atom is -0.305 e. The maximum absolute atomic E-state index is 2.58. The predicted octanol–water partition coefficient (Wildman–Crippen LogP) is 10.7. The van der Waals surface area contributed by atoms with E-state index < -0.39 is 0 Å². The largest absolute Gasteiger partial charge is 0.305 e. The Morgan fingerprint density at radius 1 is 0.553 bits per heavy atom. The average molecular weight is 672 g/mol. The summed E-state index contributed by atoms with van der Waals surface area (Å²) in [5.74, 6) is 2.93. The highest BCUT2D eigenvalue weighted by Crippen LogP contribution is 2.21. The van der Waals surface area contributed by atoms with Crippen molar-refractivity contribution in [2.75, 3.05) is 66.5 Å². The van der Waals surface area contributed by atoms with E-state index in [0.29, 0.717) is 5.54 Å². The molecule has 0 radical (unpaired) electrons. The highest BCUT2D eigenvalue weighted by Gasteiger charge is 2.26. The van der Waals surface area contributed by atoms with Gasteiger partial charge in [0, 0.05) is 55.9 Å². The first-order chi connectivity index (χ1) is 20.9. The Morgan fingerprint density at radius 2 is 0.894 bits per heavy atom. The van der Waals surface area contributed by atoms with E-state index in [0.717, 1.165) is 41.9 Å². The van der Waals surface area contributed by atoms with Crippen molar-refractivity contribution in [2.24, 2.45) is 17.8 Å². The molecule has 4 rings (SSSR count). The minimum atomic E-state index is 0. The zero-order valence-electron chi connectivity index (χ0n) is 34.7. The summed E-state index contributed by atoms with van der Waals surface area (Å²) in [6.07, 6.45) is 8.38. The lowest BCUT2D eigenvalue weighted by atomic mass is 9.96. The van der Waals surface area contributed by atoms with Gasteiger partial charge in [-0.3, -0.25) is 0 Å². The van der Waals surface area contributed by atoms with Gasteiger partial charge in [-0.25, -0.2) is 0 Å². The third kappa shape index (κ3) is 25.4. The van der Waals surface area contributed by atoms with E-state index in [1.54, 1.807) is 0 Å². The summed E-state index contributed by atoms with van der Waals surface area (Å²) in [5.41, 5.74) is 0.333. The summed E-state index contributed by atoms with van der Waals surface area (Å²) in [6.45, 7) is 46.3. The number of hydrogen-bond acceptors (Lipinski definition) is 5. The van der Waals surface area contributed by atoms with Gasteiger partial charge < -0.3 is 24.5 Å². The molecule has 0 spiro atoms. The zero-order chi connectivity index (χ0) is 35.3. The van der Waals surface area contributed by atoms with Gasteiger partial charge in [-0.15, -0.1) is 0 Å². The Morgan fingerprint density at radius 3 is 1.11 bits per heavy atom. The molecule has 5 nitrogen and oxygen atoms in total. The van der Waals surface area contributed by atoms with E-state index in [1.807, 2.05) is 13.8 Å². The van der Waals surface area contributed by atoms with Gasteiger partial charge in [-0.2, -0.15) is 0 Å². The van der Waals surface area contributed by atoms with Gasteiger partial charge in [-0.1, -0.05) is 62.3 Å². The normalized spacial score (nSPS) is 22.0. The standard InChI is InChI=1S/C9H19N.2C8H17N.C7H15N.C6H15N.C2H6.2CH4/c1-4-9-5-6-10(7-9)8(2)3;1-7(2)9-5-4-8(3)6-9;1-4-8-5-9(6-8)7(2)3;1-7(2)8-5-3-4-6-8;1-6(2,3)7(4)5;1-2;;/h8-9H,4-7H2,1-3H3;2*7-8H,4-6H2,1-3H3;7H,3-6H2,1-2H3;1-5H3;1-2H3;2*1H4/t9-;8-;;;;;;/m11....../s1. The molecule has 47 heavy (non-hydrogen) atoms. The second-order valence-electron chi connectivity index (χ2n) is 16.4. The van der Waals surface area contributed by atoms with Gasteiger partial charge in [0.15, 0.2) is 0 Å². The molecule has 4 saturated heterocycles. The van der Waals surface area contributed by atoms with Crippen molar-refractivity contribution in [2.45, 2.75) is 194 Å². The van der Waals surface area contributed by atoms with Crippen LogP contribution in [0.1, 0.15) is 164 Å². The van der Waals surface area contributed by atoms with Crippen molar-refractivity contribution in [3.8, 4) is 0 Å². The summed E-state index contributed by atoms with van der Waals surface area (Å²) in [7, 11) is 4.17. The maximum atomic E-state index is 2.58. The van der Waals surface area contributed by atoms with Crippen LogP contribution in [-0.2, 0) is 0 Å². The van der Waals surface area contributed by atoms with Crippen LogP contribution in [0, 0.1) is 17.8 Å². The topological polar surface area (TPSA) is 16.2 Å². The SMILES string of the molecule is C.C.CC.CC(C)N1CCCC1.CC(C)N1CC[C@@H](C)C1.CCC1CN(C(C)C)C1.CC[C@@H]1CCN(C(C)C)C1.CN(C)C(C)(C)C. The van der Waals surface area contributed by atoms with Crippen LogP contribution in [0.5, 0.6) is 0 Å². The number of hydrogen-bond donors (Lipinski definition) is 0. The van der Waals surface area contributed by atoms with Crippen LogP contribution in [0.3, 0.4) is 0 Å². The molecule has 0 unspecified atom stereocenters. The van der Waals surface area contributed by atoms with Crippen molar-refractivity contribution in [1.82, 2.24) is 24.5 Å². The molecule has 0 aromatic heterocycles. The first-order valence-electron chi connectivity index (χ1n) is 19.6. The Labute approximate surface area is 302 Å². The molecule has 4 aliphatic rings. The van der Waals surface area contributed by atoms with Crippen molar-refractivity contribution < 1.29 is 0 Å². The fourth-order valence-corrected chi connectivity index (χ4v) is 5.65. The molecule has 2 atom stereocenters. The van der Waals surface area contributed by atoms with Gasteiger partial charge in [-0.05, 0) is 160 Å². The van der Waals surface area contributed by atoms with Crippen LogP contribution in [0.2, 0.25) is 0 Å². The van der Waals surface area contributed by atoms with Crippen molar-refractivity contribution in [3.05, 3.63) is 0 Å². The Hall–Kier alpha value is -0.200. The van der Waals surface area contributed by atoms with Gasteiger partial charge in [0.05, 0.1) is 0 Å². The smallest absolute Gasteiger partial charge is 0.0118 e. The van der Waals surface area contributed by atoms with Crippen molar-refractivity contribution in [1.29, 1.82) is 0 Å². The fraction of sp³-hybridized carbons (Fsp3) is 1.00. The predicted molar refractivity (Wildman–Crippen MR) is 220 cm³/mol. The minimum absolute atomic E-state index is 0. The van der Waals surface area contributed by atoms with Crippen LogP contribution < -0.4 is 0 Å². The maximum Gasteiger partial charge on any atom is 0.0118 e. The van der Waals surface area contributed by atoms with Crippen LogP contribution in [-0.4, -0.2) is 121 Å². The molecule has 0 amide bonds. The summed E-state index contributed by atoms with van der Waals surface area (Å²) >= 11 is 0. The Kier molecular flexibility index (Phi) is 33.7. The Balaban J connectivity index is -0.000000241. The summed E-state index contributed by atoms with van der Waals surface area (Å²) < 4.78 is 0. The molecule has 0 aromatic carbocycles. The fourth-order valence-electron chi connectivity index (χ4n) is 5.65. The van der Waals surface area contributed by atoms with E-state index in [1.165, 1.54) is 90.9 Å². The van der Waals surface area contributed by atoms with Crippen molar-refractivity contribution in [3.63, 3.8) is 0 Å². The molecule has 0 saturated carbocycles. The monoisotopic (exact) mass is 672 g/mol. The highest BCUT2D eigenvalue weighted by molar-refractivity contribution is 4.80. The molecule has 4 fully saturated rings. The van der Waals surface area contributed by atoms with E-state index in [2.05, 4.69) is 136 Å².